The van der Waals surface area contributed by atoms with Crippen LogP contribution in [0.5, 0.6) is 17.2 Å². The van der Waals surface area contributed by atoms with E-state index >= 15 is 0 Å². The second-order valence-electron chi connectivity index (χ2n) is 6.07. The molecule has 0 bridgehead atoms. The predicted molar refractivity (Wildman–Crippen MR) is 118 cm³/mol. The Balaban J connectivity index is 2.35. The Morgan fingerprint density at radius 1 is 1.15 bits per heavy atom. The van der Waals surface area contributed by atoms with Crippen LogP contribution < -0.4 is 9.47 Å². The van der Waals surface area contributed by atoms with Crippen molar-refractivity contribution in [1.82, 2.24) is 0 Å². The first-order chi connectivity index (χ1) is 12.2. The average molecular weight is 598 g/mol. The molecule has 0 aliphatic carbocycles. The Morgan fingerprint density at radius 2 is 1.77 bits per heavy atom. The van der Waals surface area contributed by atoms with Crippen molar-refractivity contribution in [2.24, 2.45) is 0 Å². The van der Waals surface area contributed by atoms with E-state index in [1.54, 1.807) is 7.11 Å². The third kappa shape index (κ3) is 5.36. The van der Waals surface area contributed by atoms with E-state index in [1.807, 2.05) is 24.3 Å². The fourth-order valence-electron chi connectivity index (χ4n) is 2.52. The second kappa shape index (κ2) is 9.41. The van der Waals surface area contributed by atoms with Crippen LogP contribution in [0, 0.1) is 3.57 Å². The van der Waals surface area contributed by atoms with Crippen LogP contribution >= 0.6 is 54.5 Å². The Labute approximate surface area is 183 Å². The Bertz CT molecular complexity index is 798. The van der Waals surface area contributed by atoms with Gasteiger partial charge in [-0.25, -0.2) is 0 Å². The molecule has 0 aromatic heterocycles. The van der Waals surface area contributed by atoms with Crippen molar-refractivity contribution in [3.05, 3.63) is 47.9 Å². The standard InChI is InChI=1S/C19H19Br2IO4/c1-10(2)13-8-12(9-16(22)18(13)25-3)26-19-14(20)6-11(7-15(19)21)4-5-17(23)24/h6-10H,4-5H2,1-3H3,(H,23,24). The minimum absolute atomic E-state index is 0.0908. The van der Waals surface area contributed by atoms with Crippen LogP contribution in [-0.4, -0.2) is 18.2 Å². The summed E-state index contributed by atoms with van der Waals surface area (Å²) in [7, 11) is 1.67. The maximum absolute atomic E-state index is 10.8. The maximum Gasteiger partial charge on any atom is 0.303 e. The number of methoxy groups -OCH3 is 1. The number of aryl methyl sites for hydroxylation is 1. The first-order valence-corrected chi connectivity index (χ1v) is 10.6. The number of carboxylic acids is 1. The van der Waals surface area contributed by atoms with Crippen molar-refractivity contribution in [2.45, 2.75) is 32.6 Å². The largest absolute Gasteiger partial charge is 0.495 e. The SMILES string of the molecule is COc1c(I)cc(Oc2c(Br)cc(CCC(=O)O)cc2Br)cc1C(C)C. The molecule has 1 N–H and O–H groups in total. The van der Waals surface area contributed by atoms with E-state index in [2.05, 4.69) is 68.3 Å². The molecule has 0 unspecified atom stereocenters. The van der Waals surface area contributed by atoms with Gasteiger partial charge in [0.1, 0.15) is 11.5 Å². The van der Waals surface area contributed by atoms with Gasteiger partial charge < -0.3 is 14.6 Å². The summed E-state index contributed by atoms with van der Waals surface area (Å²) in [6, 6.07) is 7.70. The van der Waals surface area contributed by atoms with Gasteiger partial charge in [0.15, 0.2) is 5.75 Å². The first-order valence-electron chi connectivity index (χ1n) is 7.98. The van der Waals surface area contributed by atoms with E-state index in [0.717, 1.165) is 35.1 Å². The normalized spacial score (nSPS) is 10.9. The molecule has 0 aliphatic rings. The monoisotopic (exact) mass is 596 g/mol. The smallest absolute Gasteiger partial charge is 0.303 e. The zero-order valence-electron chi connectivity index (χ0n) is 14.6. The molecule has 0 atom stereocenters. The second-order valence-corrected chi connectivity index (χ2v) is 8.94. The molecule has 26 heavy (non-hydrogen) atoms. The fourth-order valence-corrected chi connectivity index (χ4v) is 4.80. The number of ether oxygens (including phenoxy) is 2. The Kier molecular flexibility index (Phi) is 7.78. The summed E-state index contributed by atoms with van der Waals surface area (Å²) in [6.07, 6.45) is 0.554. The average Bonchev–Trinajstić information content (AvgIpc) is 2.55. The van der Waals surface area contributed by atoms with Gasteiger partial charge in [0.25, 0.3) is 0 Å². The molecule has 2 aromatic carbocycles. The quantitative estimate of drug-likeness (QED) is 0.359. The topological polar surface area (TPSA) is 55.8 Å². The number of hydrogen-bond acceptors (Lipinski definition) is 3. The number of benzene rings is 2. The van der Waals surface area contributed by atoms with Crippen molar-refractivity contribution in [1.29, 1.82) is 0 Å². The molecular weight excluding hydrogens is 579 g/mol. The van der Waals surface area contributed by atoms with Gasteiger partial charge in [-0.2, -0.15) is 0 Å². The molecule has 0 heterocycles. The summed E-state index contributed by atoms with van der Waals surface area (Å²) in [5.74, 6) is 1.73. The molecule has 0 fully saturated rings. The lowest BCUT2D eigenvalue weighted by Gasteiger charge is -2.17. The van der Waals surface area contributed by atoms with Crippen LogP contribution in [0.25, 0.3) is 0 Å². The van der Waals surface area contributed by atoms with E-state index in [-0.39, 0.29) is 6.42 Å². The van der Waals surface area contributed by atoms with Crippen molar-refractivity contribution < 1.29 is 19.4 Å². The van der Waals surface area contributed by atoms with Crippen molar-refractivity contribution in [3.8, 4) is 17.2 Å². The number of aliphatic carboxylic acids is 1. The van der Waals surface area contributed by atoms with Crippen LogP contribution in [-0.2, 0) is 11.2 Å². The van der Waals surface area contributed by atoms with Gasteiger partial charge in [-0.1, -0.05) is 13.8 Å². The first kappa shape index (κ1) is 21.5. The number of carboxylic acid groups (broad SMARTS) is 1. The molecular formula is C19H19Br2IO4. The highest BCUT2D eigenvalue weighted by atomic mass is 127. The predicted octanol–water partition coefficient (Wildman–Crippen LogP) is 6.76. The lowest BCUT2D eigenvalue weighted by molar-refractivity contribution is -0.136. The number of rotatable bonds is 7. The molecule has 0 spiro atoms. The maximum atomic E-state index is 10.8. The molecule has 2 aromatic rings. The van der Waals surface area contributed by atoms with Crippen LogP contribution in [0.2, 0.25) is 0 Å². The van der Waals surface area contributed by atoms with E-state index in [4.69, 9.17) is 14.6 Å². The van der Waals surface area contributed by atoms with E-state index in [0.29, 0.717) is 18.1 Å². The van der Waals surface area contributed by atoms with Gasteiger partial charge in [0.05, 0.1) is 19.6 Å². The summed E-state index contributed by atoms with van der Waals surface area (Å²) in [4.78, 5) is 10.8. The highest BCUT2D eigenvalue weighted by Gasteiger charge is 2.16. The van der Waals surface area contributed by atoms with E-state index in [9.17, 15) is 4.79 Å². The van der Waals surface area contributed by atoms with Crippen molar-refractivity contribution in [2.75, 3.05) is 7.11 Å². The Morgan fingerprint density at radius 3 is 2.27 bits per heavy atom. The molecule has 0 saturated carbocycles. The van der Waals surface area contributed by atoms with Crippen LogP contribution in [0.15, 0.2) is 33.2 Å². The molecule has 4 nitrogen and oxygen atoms in total. The fraction of sp³-hybridized carbons (Fsp3) is 0.316. The zero-order chi connectivity index (χ0) is 19.4. The van der Waals surface area contributed by atoms with E-state index in [1.165, 1.54) is 0 Å². The van der Waals surface area contributed by atoms with Crippen molar-refractivity contribution in [3.63, 3.8) is 0 Å². The highest BCUT2D eigenvalue weighted by Crippen LogP contribution is 2.41. The van der Waals surface area contributed by atoms with Gasteiger partial charge in [-0.3, -0.25) is 4.79 Å². The zero-order valence-corrected chi connectivity index (χ0v) is 19.9. The van der Waals surface area contributed by atoms with E-state index < -0.39 is 5.97 Å². The Hall–Kier alpha value is -0.800. The molecule has 0 aliphatic heterocycles. The van der Waals surface area contributed by atoms with Gasteiger partial charge in [-0.05, 0) is 96.6 Å². The minimum atomic E-state index is -0.813. The minimum Gasteiger partial charge on any atom is -0.495 e. The highest BCUT2D eigenvalue weighted by molar-refractivity contribution is 14.1. The lowest BCUT2D eigenvalue weighted by atomic mass is 10.0. The van der Waals surface area contributed by atoms with Crippen LogP contribution in [0.3, 0.4) is 0 Å². The molecule has 140 valence electrons. The van der Waals surface area contributed by atoms with Gasteiger partial charge in [0, 0.05) is 12.0 Å². The van der Waals surface area contributed by atoms with Crippen molar-refractivity contribution >= 4 is 60.4 Å². The van der Waals surface area contributed by atoms with Gasteiger partial charge in [-0.15, -0.1) is 0 Å². The number of halogens is 3. The molecule has 7 heteroatoms. The number of carbonyl (C=O) groups is 1. The molecule has 0 amide bonds. The van der Waals surface area contributed by atoms with Gasteiger partial charge in [0.2, 0.25) is 0 Å². The number of hydrogen-bond donors (Lipinski definition) is 1. The van der Waals surface area contributed by atoms with Crippen LogP contribution in [0.1, 0.15) is 37.3 Å². The molecule has 0 radical (unpaired) electrons. The summed E-state index contributed by atoms with van der Waals surface area (Å²) in [6.45, 7) is 4.22. The summed E-state index contributed by atoms with van der Waals surface area (Å²) >= 11 is 9.30. The summed E-state index contributed by atoms with van der Waals surface area (Å²) in [5, 5.41) is 8.84. The summed E-state index contributed by atoms with van der Waals surface area (Å²) < 4.78 is 14.2. The third-order valence-electron chi connectivity index (χ3n) is 3.78. The third-order valence-corrected chi connectivity index (χ3v) is 5.76. The summed E-state index contributed by atoms with van der Waals surface area (Å²) in [5.41, 5.74) is 2.01. The van der Waals surface area contributed by atoms with Crippen LogP contribution in [0.4, 0.5) is 0 Å². The molecule has 0 saturated heterocycles. The lowest BCUT2D eigenvalue weighted by Crippen LogP contribution is -2.00. The van der Waals surface area contributed by atoms with Gasteiger partial charge >= 0.3 is 5.97 Å². The molecule has 2 rings (SSSR count).